The topological polar surface area (TPSA) is 18.5 Å². The summed E-state index contributed by atoms with van der Waals surface area (Å²) in [4.78, 5) is 0. The van der Waals surface area contributed by atoms with Gasteiger partial charge in [-0.25, -0.2) is 0 Å². The molecule has 2 rings (SSSR count). The SMILES string of the molecule is CCOc1ccc(Cl)cc1Oc1cc(Cl)cc(Cl)c1. The normalized spacial score (nSPS) is 10.3. The van der Waals surface area contributed by atoms with Crippen LogP contribution in [0.1, 0.15) is 6.92 Å². The second-order valence-corrected chi connectivity index (χ2v) is 5.04. The Kier molecular flexibility index (Phi) is 4.81. The van der Waals surface area contributed by atoms with Crippen LogP contribution in [0.4, 0.5) is 0 Å². The van der Waals surface area contributed by atoms with Gasteiger partial charge in [-0.15, -0.1) is 0 Å². The quantitative estimate of drug-likeness (QED) is 0.705. The van der Waals surface area contributed by atoms with Gasteiger partial charge in [0, 0.05) is 21.1 Å². The predicted octanol–water partition coefficient (Wildman–Crippen LogP) is 5.84. The van der Waals surface area contributed by atoms with Crippen molar-refractivity contribution < 1.29 is 9.47 Å². The number of hydrogen-bond donors (Lipinski definition) is 0. The predicted molar refractivity (Wildman–Crippen MR) is 79.2 cm³/mol. The molecular weight excluding hydrogens is 307 g/mol. The molecule has 0 fully saturated rings. The van der Waals surface area contributed by atoms with Gasteiger partial charge in [-0.05, 0) is 37.3 Å². The third-order valence-electron chi connectivity index (χ3n) is 2.27. The minimum Gasteiger partial charge on any atom is -0.490 e. The van der Waals surface area contributed by atoms with Crippen LogP contribution in [0.2, 0.25) is 15.1 Å². The lowest BCUT2D eigenvalue weighted by atomic mass is 10.3. The molecule has 0 spiro atoms. The van der Waals surface area contributed by atoms with Crippen molar-refractivity contribution in [2.75, 3.05) is 6.61 Å². The van der Waals surface area contributed by atoms with Crippen LogP contribution in [0.25, 0.3) is 0 Å². The highest BCUT2D eigenvalue weighted by atomic mass is 35.5. The maximum atomic E-state index is 5.96. The second kappa shape index (κ2) is 6.38. The minimum absolute atomic E-state index is 0.502. The minimum atomic E-state index is 0.502. The molecule has 2 aromatic rings. The number of hydrogen-bond acceptors (Lipinski definition) is 2. The zero-order valence-corrected chi connectivity index (χ0v) is 12.4. The molecule has 19 heavy (non-hydrogen) atoms. The molecule has 0 saturated carbocycles. The lowest BCUT2D eigenvalue weighted by Crippen LogP contribution is -1.95. The van der Waals surface area contributed by atoms with Gasteiger partial charge in [0.1, 0.15) is 5.75 Å². The molecule has 0 atom stereocenters. The van der Waals surface area contributed by atoms with Crippen LogP contribution in [0.3, 0.4) is 0 Å². The fraction of sp³-hybridized carbons (Fsp3) is 0.143. The van der Waals surface area contributed by atoms with E-state index in [9.17, 15) is 0 Å². The molecular formula is C14H11Cl3O2. The van der Waals surface area contributed by atoms with E-state index >= 15 is 0 Å². The molecule has 0 aliphatic rings. The Labute approximate surface area is 126 Å². The van der Waals surface area contributed by atoms with E-state index in [2.05, 4.69) is 0 Å². The average Bonchev–Trinajstić information content (AvgIpc) is 2.31. The maximum Gasteiger partial charge on any atom is 0.170 e. The summed E-state index contributed by atoms with van der Waals surface area (Å²) in [5.41, 5.74) is 0. The Hall–Kier alpha value is -1.09. The van der Waals surface area contributed by atoms with Gasteiger partial charge < -0.3 is 9.47 Å². The highest BCUT2D eigenvalue weighted by Gasteiger charge is 2.08. The Balaban J connectivity index is 2.33. The Morgan fingerprint density at radius 1 is 0.842 bits per heavy atom. The molecule has 100 valence electrons. The fourth-order valence-corrected chi connectivity index (χ4v) is 2.22. The van der Waals surface area contributed by atoms with E-state index in [0.29, 0.717) is 38.9 Å². The molecule has 2 nitrogen and oxygen atoms in total. The van der Waals surface area contributed by atoms with Gasteiger partial charge in [-0.1, -0.05) is 34.8 Å². The highest BCUT2D eigenvalue weighted by Crippen LogP contribution is 2.35. The molecule has 0 aliphatic heterocycles. The van der Waals surface area contributed by atoms with Crippen LogP contribution < -0.4 is 9.47 Å². The van der Waals surface area contributed by atoms with Crippen molar-refractivity contribution >= 4 is 34.8 Å². The summed E-state index contributed by atoms with van der Waals surface area (Å²) in [5, 5.41) is 1.57. The molecule has 0 heterocycles. The van der Waals surface area contributed by atoms with Crippen molar-refractivity contribution in [2.45, 2.75) is 6.92 Å². The van der Waals surface area contributed by atoms with Gasteiger partial charge >= 0.3 is 0 Å². The van der Waals surface area contributed by atoms with Crippen molar-refractivity contribution in [3.63, 3.8) is 0 Å². The zero-order chi connectivity index (χ0) is 13.8. The third kappa shape index (κ3) is 3.93. The summed E-state index contributed by atoms with van der Waals surface area (Å²) in [6.07, 6.45) is 0. The standard InChI is InChI=1S/C14H11Cl3O2/c1-2-18-13-4-3-9(15)8-14(13)19-12-6-10(16)5-11(17)7-12/h3-8H,2H2,1H3. The van der Waals surface area contributed by atoms with E-state index in [4.69, 9.17) is 44.3 Å². The molecule has 0 aliphatic carbocycles. The molecule has 0 radical (unpaired) electrons. The van der Waals surface area contributed by atoms with Crippen molar-refractivity contribution in [3.05, 3.63) is 51.5 Å². The van der Waals surface area contributed by atoms with Gasteiger partial charge in [-0.3, -0.25) is 0 Å². The average molecular weight is 318 g/mol. The van der Waals surface area contributed by atoms with Crippen LogP contribution >= 0.6 is 34.8 Å². The summed E-state index contributed by atoms with van der Waals surface area (Å²) in [7, 11) is 0. The highest BCUT2D eigenvalue weighted by molar-refractivity contribution is 6.34. The van der Waals surface area contributed by atoms with Crippen molar-refractivity contribution in [1.82, 2.24) is 0 Å². The smallest absolute Gasteiger partial charge is 0.170 e. The largest absolute Gasteiger partial charge is 0.490 e. The van der Waals surface area contributed by atoms with Gasteiger partial charge in [0.25, 0.3) is 0 Å². The number of ether oxygens (including phenoxy) is 2. The van der Waals surface area contributed by atoms with Crippen LogP contribution in [-0.2, 0) is 0 Å². The van der Waals surface area contributed by atoms with Crippen LogP contribution in [0, 0.1) is 0 Å². The molecule has 5 heteroatoms. The molecule has 0 aromatic heterocycles. The van der Waals surface area contributed by atoms with E-state index in [1.54, 1.807) is 36.4 Å². The first-order valence-electron chi connectivity index (χ1n) is 5.65. The van der Waals surface area contributed by atoms with Crippen LogP contribution in [0.15, 0.2) is 36.4 Å². The molecule has 0 amide bonds. The molecule has 2 aromatic carbocycles. The fourth-order valence-electron chi connectivity index (χ4n) is 1.55. The number of halogens is 3. The van der Waals surface area contributed by atoms with E-state index in [1.165, 1.54) is 0 Å². The summed E-state index contributed by atoms with van der Waals surface area (Å²) in [6, 6.07) is 10.2. The third-order valence-corrected chi connectivity index (χ3v) is 2.94. The van der Waals surface area contributed by atoms with Crippen molar-refractivity contribution in [1.29, 1.82) is 0 Å². The van der Waals surface area contributed by atoms with Gasteiger partial charge in [0.05, 0.1) is 6.61 Å². The molecule has 0 bridgehead atoms. The summed E-state index contributed by atoms with van der Waals surface area (Å²) >= 11 is 17.8. The monoisotopic (exact) mass is 316 g/mol. The van der Waals surface area contributed by atoms with Gasteiger partial charge in [0.2, 0.25) is 0 Å². The van der Waals surface area contributed by atoms with Crippen molar-refractivity contribution in [3.8, 4) is 17.2 Å². The second-order valence-electron chi connectivity index (χ2n) is 3.73. The first kappa shape index (κ1) is 14.3. The maximum absolute atomic E-state index is 5.96. The van der Waals surface area contributed by atoms with Crippen molar-refractivity contribution in [2.24, 2.45) is 0 Å². The first-order valence-corrected chi connectivity index (χ1v) is 6.78. The lowest BCUT2D eigenvalue weighted by Gasteiger charge is -2.12. The van der Waals surface area contributed by atoms with E-state index in [1.807, 2.05) is 6.92 Å². The first-order chi connectivity index (χ1) is 9.08. The summed E-state index contributed by atoms with van der Waals surface area (Å²) in [5.74, 6) is 1.66. The van der Waals surface area contributed by atoms with E-state index in [0.717, 1.165) is 0 Å². The number of rotatable bonds is 4. The van der Waals surface area contributed by atoms with Crippen LogP contribution in [-0.4, -0.2) is 6.61 Å². The summed E-state index contributed by atoms with van der Waals surface area (Å²) < 4.78 is 11.2. The Morgan fingerprint density at radius 3 is 2.16 bits per heavy atom. The van der Waals surface area contributed by atoms with Gasteiger partial charge in [0.15, 0.2) is 11.5 Å². The Morgan fingerprint density at radius 2 is 1.53 bits per heavy atom. The Bertz CT molecular complexity index is 565. The van der Waals surface area contributed by atoms with E-state index in [-0.39, 0.29) is 0 Å². The van der Waals surface area contributed by atoms with E-state index < -0.39 is 0 Å². The lowest BCUT2D eigenvalue weighted by molar-refractivity contribution is 0.321. The number of benzene rings is 2. The van der Waals surface area contributed by atoms with Crippen LogP contribution in [0.5, 0.6) is 17.2 Å². The zero-order valence-electron chi connectivity index (χ0n) is 10.1. The molecule has 0 unspecified atom stereocenters. The molecule has 0 saturated heterocycles. The molecule has 0 N–H and O–H groups in total. The summed E-state index contributed by atoms with van der Waals surface area (Å²) in [6.45, 7) is 2.43. The van der Waals surface area contributed by atoms with Gasteiger partial charge in [-0.2, -0.15) is 0 Å².